The molecular formula is C11H12N6OS. The van der Waals surface area contributed by atoms with E-state index in [0.717, 1.165) is 10.2 Å². The summed E-state index contributed by atoms with van der Waals surface area (Å²) in [6.45, 7) is 0.322. The van der Waals surface area contributed by atoms with E-state index in [9.17, 15) is 4.79 Å². The van der Waals surface area contributed by atoms with Crippen LogP contribution in [0.5, 0.6) is 0 Å². The van der Waals surface area contributed by atoms with Gasteiger partial charge in [0.05, 0.1) is 11.9 Å². The van der Waals surface area contributed by atoms with E-state index in [0.29, 0.717) is 18.2 Å². The molecule has 0 atom stereocenters. The average molecular weight is 276 g/mol. The Kier molecular flexibility index (Phi) is 2.80. The third-order valence-corrected chi connectivity index (χ3v) is 3.64. The zero-order valence-electron chi connectivity index (χ0n) is 10.2. The predicted octanol–water partition coefficient (Wildman–Crippen LogP) is 0.525. The molecule has 0 aliphatic rings. The number of nitrogens with zero attached hydrogens (tertiary/aromatic N) is 4. The first kappa shape index (κ1) is 11.9. The van der Waals surface area contributed by atoms with Crippen LogP contribution in [0.3, 0.4) is 0 Å². The number of nitrogens with two attached hydrogens (primary N) is 1. The molecular weight excluding hydrogens is 264 g/mol. The van der Waals surface area contributed by atoms with Crippen molar-refractivity contribution in [3.05, 3.63) is 40.1 Å². The van der Waals surface area contributed by atoms with Gasteiger partial charge in [-0.1, -0.05) is 0 Å². The maximum Gasteiger partial charge on any atom is 0.328 e. The lowest BCUT2D eigenvalue weighted by atomic mass is 10.4. The fourth-order valence-corrected chi connectivity index (χ4v) is 2.65. The maximum absolute atomic E-state index is 11.8. The molecule has 0 bridgehead atoms. The van der Waals surface area contributed by atoms with Crippen molar-refractivity contribution < 1.29 is 0 Å². The zero-order chi connectivity index (χ0) is 13.4. The summed E-state index contributed by atoms with van der Waals surface area (Å²) in [5, 5.41) is 2.82. The number of hydrogen-bond donors (Lipinski definition) is 2. The Morgan fingerprint density at radius 2 is 2.26 bits per heavy atom. The number of hydrogen-bond acceptors (Lipinski definition) is 6. The molecule has 19 heavy (non-hydrogen) atoms. The third-order valence-electron chi connectivity index (χ3n) is 2.84. The minimum absolute atomic E-state index is 0.0999. The summed E-state index contributed by atoms with van der Waals surface area (Å²) in [4.78, 5) is 21.4. The summed E-state index contributed by atoms with van der Waals surface area (Å²) >= 11 is 1.51. The summed E-state index contributed by atoms with van der Waals surface area (Å²) in [5.74, 6) is 6.59. The van der Waals surface area contributed by atoms with Crippen LogP contribution < -0.4 is 17.0 Å². The smallest absolute Gasteiger partial charge is 0.308 e. The third kappa shape index (κ3) is 2.00. The number of nitrogen functional groups attached to an aromatic ring is 1. The number of aryl methyl sites for hydroxylation is 1. The molecule has 7 nitrogen and oxygen atoms in total. The number of imidazole rings is 1. The molecule has 98 valence electrons. The Bertz CT molecular complexity index is 786. The molecule has 0 unspecified atom stereocenters. The molecule has 0 amide bonds. The second-order valence-corrected chi connectivity index (χ2v) is 4.99. The van der Waals surface area contributed by atoms with Gasteiger partial charge in [0, 0.05) is 19.4 Å². The zero-order valence-corrected chi connectivity index (χ0v) is 11.0. The van der Waals surface area contributed by atoms with Gasteiger partial charge < -0.3 is 9.99 Å². The van der Waals surface area contributed by atoms with Crippen molar-refractivity contribution in [2.24, 2.45) is 12.9 Å². The van der Waals surface area contributed by atoms with Gasteiger partial charge in [-0.25, -0.2) is 20.6 Å². The van der Waals surface area contributed by atoms with E-state index in [1.807, 2.05) is 11.4 Å². The number of thiophene rings is 1. The van der Waals surface area contributed by atoms with Crippen molar-refractivity contribution >= 4 is 27.4 Å². The number of aromatic nitrogens is 4. The van der Waals surface area contributed by atoms with E-state index in [-0.39, 0.29) is 5.69 Å². The van der Waals surface area contributed by atoms with E-state index < -0.39 is 0 Å². The molecule has 3 rings (SSSR count). The van der Waals surface area contributed by atoms with Crippen molar-refractivity contribution in [1.29, 1.82) is 0 Å². The molecule has 8 heteroatoms. The summed E-state index contributed by atoms with van der Waals surface area (Å²) in [7, 11) is 1.70. The van der Waals surface area contributed by atoms with Gasteiger partial charge >= 0.3 is 5.69 Å². The Morgan fingerprint density at radius 1 is 1.42 bits per heavy atom. The number of rotatable bonds is 3. The molecule has 3 aromatic rings. The minimum Gasteiger partial charge on any atom is -0.308 e. The van der Waals surface area contributed by atoms with E-state index >= 15 is 0 Å². The van der Waals surface area contributed by atoms with Gasteiger partial charge in [0.1, 0.15) is 4.83 Å². The van der Waals surface area contributed by atoms with E-state index in [4.69, 9.17) is 5.84 Å². The van der Waals surface area contributed by atoms with Gasteiger partial charge in [0.15, 0.2) is 11.6 Å². The molecule has 0 spiro atoms. The number of hydrazine groups is 1. The minimum atomic E-state index is -0.0999. The van der Waals surface area contributed by atoms with Gasteiger partial charge in [-0.2, -0.15) is 0 Å². The van der Waals surface area contributed by atoms with Crippen LogP contribution in [0, 0.1) is 0 Å². The van der Waals surface area contributed by atoms with Crippen LogP contribution >= 0.6 is 11.3 Å². The Hall–Kier alpha value is -2.19. The topological polar surface area (TPSA) is 90.8 Å². The van der Waals surface area contributed by atoms with Gasteiger partial charge in [0.2, 0.25) is 0 Å². The van der Waals surface area contributed by atoms with Crippen molar-refractivity contribution in [1.82, 2.24) is 19.1 Å². The standard InChI is InChI=1S/C11H12N6OS/c1-16-3-4-17(11(16)18)6-8-13-9(15-12)7-2-5-19-10(7)14-8/h2-5H,6,12H2,1H3,(H,13,14,15). The summed E-state index contributed by atoms with van der Waals surface area (Å²) in [6.07, 6.45) is 3.41. The highest BCUT2D eigenvalue weighted by Gasteiger charge is 2.09. The maximum atomic E-state index is 11.8. The first-order valence-corrected chi connectivity index (χ1v) is 6.49. The van der Waals surface area contributed by atoms with Crippen LogP contribution in [0.25, 0.3) is 10.2 Å². The van der Waals surface area contributed by atoms with Crippen LogP contribution in [-0.4, -0.2) is 19.1 Å². The monoisotopic (exact) mass is 276 g/mol. The Balaban J connectivity index is 2.05. The largest absolute Gasteiger partial charge is 0.328 e. The van der Waals surface area contributed by atoms with Crippen LogP contribution in [0.15, 0.2) is 28.6 Å². The van der Waals surface area contributed by atoms with E-state index in [1.54, 1.807) is 24.0 Å². The van der Waals surface area contributed by atoms with Gasteiger partial charge in [-0.15, -0.1) is 11.3 Å². The Labute approximate surface area is 112 Å². The fourth-order valence-electron chi connectivity index (χ4n) is 1.86. The molecule has 0 fully saturated rings. The lowest BCUT2D eigenvalue weighted by molar-refractivity contribution is 0.691. The van der Waals surface area contributed by atoms with Crippen molar-refractivity contribution in [3.63, 3.8) is 0 Å². The van der Waals surface area contributed by atoms with Gasteiger partial charge in [0.25, 0.3) is 0 Å². The molecule has 3 N–H and O–H groups in total. The number of nitrogens with one attached hydrogen (secondary N) is 1. The SMILES string of the molecule is Cn1ccn(Cc2nc(NN)c3ccsc3n2)c1=O. The molecule has 3 aromatic heterocycles. The summed E-state index contributed by atoms with van der Waals surface area (Å²) in [5.41, 5.74) is 2.47. The first-order valence-electron chi connectivity index (χ1n) is 5.61. The molecule has 0 aromatic carbocycles. The lowest BCUT2D eigenvalue weighted by Gasteiger charge is -2.05. The van der Waals surface area contributed by atoms with Crippen molar-refractivity contribution in [3.8, 4) is 0 Å². The fraction of sp³-hybridized carbons (Fsp3) is 0.182. The quantitative estimate of drug-likeness (QED) is 0.538. The van der Waals surface area contributed by atoms with Crippen LogP contribution in [0.1, 0.15) is 5.82 Å². The number of anilines is 1. The van der Waals surface area contributed by atoms with E-state index in [2.05, 4.69) is 15.4 Å². The highest BCUT2D eigenvalue weighted by molar-refractivity contribution is 7.16. The highest BCUT2D eigenvalue weighted by atomic mass is 32.1. The predicted molar refractivity (Wildman–Crippen MR) is 74.0 cm³/mol. The average Bonchev–Trinajstić information content (AvgIpc) is 2.99. The van der Waals surface area contributed by atoms with E-state index in [1.165, 1.54) is 15.9 Å². The normalized spacial score (nSPS) is 11.1. The van der Waals surface area contributed by atoms with Crippen LogP contribution in [0.4, 0.5) is 5.82 Å². The molecule has 3 heterocycles. The molecule has 0 aliphatic carbocycles. The molecule has 0 aliphatic heterocycles. The highest BCUT2D eigenvalue weighted by Crippen LogP contribution is 2.24. The Morgan fingerprint density at radius 3 is 2.95 bits per heavy atom. The van der Waals surface area contributed by atoms with Gasteiger partial charge in [-0.3, -0.25) is 4.57 Å². The van der Waals surface area contributed by atoms with Crippen LogP contribution in [0.2, 0.25) is 0 Å². The van der Waals surface area contributed by atoms with Crippen molar-refractivity contribution in [2.45, 2.75) is 6.54 Å². The number of fused-ring (bicyclic) bond motifs is 1. The molecule has 0 saturated carbocycles. The second-order valence-electron chi connectivity index (χ2n) is 4.09. The van der Waals surface area contributed by atoms with Gasteiger partial charge in [-0.05, 0) is 11.4 Å². The van der Waals surface area contributed by atoms with Crippen molar-refractivity contribution in [2.75, 3.05) is 5.43 Å². The summed E-state index contributed by atoms with van der Waals surface area (Å²) in [6, 6.07) is 1.91. The molecule has 0 saturated heterocycles. The van der Waals surface area contributed by atoms with Crippen LogP contribution in [-0.2, 0) is 13.6 Å². The summed E-state index contributed by atoms with van der Waals surface area (Å²) < 4.78 is 3.06. The lowest BCUT2D eigenvalue weighted by Crippen LogP contribution is -2.23. The first-order chi connectivity index (χ1) is 9.19. The second kappa shape index (κ2) is 4.48. The molecule has 0 radical (unpaired) electrons.